The largest absolute Gasteiger partial charge is 0.396 e. The van der Waals surface area contributed by atoms with Crippen LogP contribution in [0.3, 0.4) is 0 Å². The highest BCUT2D eigenvalue weighted by Crippen LogP contribution is 2.52. The van der Waals surface area contributed by atoms with Gasteiger partial charge in [0, 0.05) is 11.2 Å². The minimum Gasteiger partial charge on any atom is -0.396 e. The Morgan fingerprint density at radius 1 is 1.24 bits per heavy atom. The molecular weight excluding hydrogens is 232 g/mol. The summed E-state index contributed by atoms with van der Waals surface area (Å²) in [5.74, 6) is 3.23. The molecule has 1 heterocycles. The number of thioether (sulfide) groups is 1. The maximum Gasteiger partial charge on any atom is 0.0816 e. The zero-order valence-electron chi connectivity index (χ0n) is 11.1. The Hall–Kier alpha value is 0.270. The van der Waals surface area contributed by atoms with E-state index in [1.807, 2.05) is 11.8 Å². The van der Waals surface area contributed by atoms with Gasteiger partial charge in [0.05, 0.1) is 12.2 Å². The van der Waals surface area contributed by atoms with Crippen molar-refractivity contribution in [2.24, 2.45) is 17.3 Å². The lowest BCUT2D eigenvalue weighted by Gasteiger charge is -2.53. The van der Waals surface area contributed by atoms with E-state index in [9.17, 15) is 10.2 Å². The Morgan fingerprint density at radius 3 is 2.35 bits per heavy atom. The first-order valence-electron chi connectivity index (χ1n) is 6.92. The second-order valence-corrected chi connectivity index (χ2v) is 7.59. The van der Waals surface area contributed by atoms with Crippen molar-refractivity contribution in [3.63, 3.8) is 0 Å². The van der Waals surface area contributed by atoms with Crippen molar-refractivity contribution in [2.75, 3.05) is 18.1 Å². The van der Waals surface area contributed by atoms with Crippen LogP contribution in [-0.2, 0) is 0 Å². The molecule has 3 heteroatoms. The second kappa shape index (κ2) is 5.10. The average Bonchev–Trinajstić information content (AvgIpc) is 2.28. The summed E-state index contributed by atoms with van der Waals surface area (Å²) in [4.78, 5) is 0. The van der Waals surface area contributed by atoms with E-state index in [0.717, 1.165) is 37.2 Å². The lowest BCUT2D eigenvalue weighted by Crippen LogP contribution is -2.56. The number of rotatable bonds is 2. The predicted octanol–water partition coefficient (Wildman–Crippen LogP) is 2.68. The van der Waals surface area contributed by atoms with Gasteiger partial charge >= 0.3 is 0 Å². The van der Waals surface area contributed by atoms with E-state index in [2.05, 4.69) is 13.8 Å². The molecule has 100 valence electrons. The van der Waals surface area contributed by atoms with Crippen LogP contribution in [0.1, 0.15) is 46.0 Å². The van der Waals surface area contributed by atoms with Crippen molar-refractivity contribution >= 4 is 11.8 Å². The highest BCUT2D eigenvalue weighted by molar-refractivity contribution is 7.99. The van der Waals surface area contributed by atoms with Crippen LogP contribution in [-0.4, -0.2) is 33.9 Å². The van der Waals surface area contributed by atoms with Gasteiger partial charge in [0.15, 0.2) is 0 Å². The van der Waals surface area contributed by atoms with Gasteiger partial charge in [-0.3, -0.25) is 0 Å². The maximum absolute atomic E-state index is 11.0. The summed E-state index contributed by atoms with van der Waals surface area (Å²) in [6, 6.07) is 0. The van der Waals surface area contributed by atoms with Gasteiger partial charge < -0.3 is 10.2 Å². The van der Waals surface area contributed by atoms with Gasteiger partial charge in [-0.25, -0.2) is 0 Å². The van der Waals surface area contributed by atoms with Crippen LogP contribution in [0.4, 0.5) is 0 Å². The van der Waals surface area contributed by atoms with Gasteiger partial charge in [0.25, 0.3) is 0 Å². The summed E-state index contributed by atoms with van der Waals surface area (Å²) in [5.41, 5.74) is -0.870. The maximum atomic E-state index is 11.0. The monoisotopic (exact) mass is 258 g/mol. The third kappa shape index (κ3) is 2.52. The lowest BCUT2D eigenvalue weighted by atomic mass is 9.58. The molecule has 2 N–H and O–H groups in total. The van der Waals surface area contributed by atoms with E-state index in [1.165, 1.54) is 6.42 Å². The quantitative estimate of drug-likeness (QED) is 0.800. The molecule has 17 heavy (non-hydrogen) atoms. The predicted molar refractivity (Wildman–Crippen MR) is 73.2 cm³/mol. The highest BCUT2D eigenvalue weighted by Gasteiger charge is 2.53. The van der Waals surface area contributed by atoms with Crippen LogP contribution >= 0.6 is 11.8 Å². The third-order valence-electron chi connectivity index (χ3n) is 4.79. The minimum absolute atomic E-state index is 0.152. The van der Waals surface area contributed by atoms with Gasteiger partial charge in [0.1, 0.15) is 0 Å². The summed E-state index contributed by atoms with van der Waals surface area (Å²) in [6.07, 6.45) is 5.19. The Kier molecular flexibility index (Phi) is 4.11. The summed E-state index contributed by atoms with van der Waals surface area (Å²) < 4.78 is 0. The highest BCUT2D eigenvalue weighted by atomic mass is 32.2. The molecular formula is C14H26O2S. The van der Waals surface area contributed by atoms with Crippen LogP contribution in [0.5, 0.6) is 0 Å². The summed E-state index contributed by atoms with van der Waals surface area (Å²) in [7, 11) is 0. The standard InChI is InChI=1S/C14H26O2S/c1-11-6-12(2)8-13(7-11,9-15)14(16)4-3-5-17-10-14/h11-12,15-16H,3-10H2,1-2H3. The molecule has 2 rings (SSSR count). The molecule has 0 aromatic rings. The Morgan fingerprint density at radius 2 is 1.88 bits per heavy atom. The Bertz CT molecular complexity index is 251. The molecule has 3 atom stereocenters. The van der Waals surface area contributed by atoms with Gasteiger partial charge in [0.2, 0.25) is 0 Å². The molecule has 0 amide bonds. The van der Waals surface area contributed by atoms with Crippen molar-refractivity contribution in [3.05, 3.63) is 0 Å². The van der Waals surface area contributed by atoms with E-state index in [1.54, 1.807) is 0 Å². The van der Waals surface area contributed by atoms with Crippen molar-refractivity contribution < 1.29 is 10.2 Å². The number of hydrogen-bond donors (Lipinski definition) is 2. The first-order valence-corrected chi connectivity index (χ1v) is 8.08. The van der Waals surface area contributed by atoms with Crippen LogP contribution in [0.2, 0.25) is 0 Å². The van der Waals surface area contributed by atoms with E-state index in [0.29, 0.717) is 11.8 Å². The van der Waals surface area contributed by atoms with Gasteiger partial charge in [-0.15, -0.1) is 0 Å². The lowest BCUT2D eigenvalue weighted by molar-refractivity contribution is -0.135. The first-order chi connectivity index (χ1) is 8.01. The number of aliphatic hydroxyl groups is 2. The normalized spacial score (nSPS) is 48.0. The van der Waals surface area contributed by atoms with E-state index in [4.69, 9.17) is 0 Å². The number of aliphatic hydroxyl groups excluding tert-OH is 1. The van der Waals surface area contributed by atoms with Crippen molar-refractivity contribution in [1.82, 2.24) is 0 Å². The minimum atomic E-state index is -0.631. The van der Waals surface area contributed by atoms with Crippen LogP contribution in [0.25, 0.3) is 0 Å². The SMILES string of the molecule is CC1CC(C)CC(CO)(C2(O)CCCSC2)C1. The molecule has 0 aromatic carbocycles. The Balaban J connectivity index is 2.22. The summed E-state index contributed by atoms with van der Waals surface area (Å²) in [6.45, 7) is 4.68. The van der Waals surface area contributed by atoms with E-state index in [-0.39, 0.29) is 12.0 Å². The smallest absolute Gasteiger partial charge is 0.0816 e. The fraction of sp³-hybridized carbons (Fsp3) is 1.00. The summed E-state index contributed by atoms with van der Waals surface area (Å²) >= 11 is 1.85. The van der Waals surface area contributed by atoms with Gasteiger partial charge in [-0.2, -0.15) is 11.8 Å². The molecule has 0 aromatic heterocycles. The van der Waals surface area contributed by atoms with Gasteiger partial charge in [-0.05, 0) is 49.7 Å². The fourth-order valence-electron chi connectivity index (χ4n) is 4.13. The molecule has 1 aliphatic heterocycles. The third-order valence-corrected chi connectivity index (χ3v) is 6.05. The second-order valence-electron chi connectivity index (χ2n) is 6.48. The molecule has 2 nitrogen and oxygen atoms in total. The summed E-state index contributed by atoms with van der Waals surface area (Å²) in [5, 5.41) is 20.9. The molecule has 0 bridgehead atoms. The molecule has 0 spiro atoms. The first kappa shape index (κ1) is 13.7. The number of hydrogen-bond acceptors (Lipinski definition) is 3. The average molecular weight is 258 g/mol. The van der Waals surface area contributed by atoms with E-state index < -0.39 is 5.60 Å². The van der Waals surface area contributed by atoms with Crippen LogP contribution in [0.15, 0.2) is 0 Å². The van der Waals surface area contributed by atoms with Crippen LogP contribution < -0.4 is 0 Å². The van der Waals surface area contributed by atoms with Crippen molar-refractivity contribution in [1.29, 1.82) is 0 Å². The van der Waals surface area contributed by atoms with Crippen molar-refractivity contribution in [2.45, 2.75) is 51.6 Å². The topological polar surface area (TPSA) is 40.5 Å². The van der Waals surface area contributed by atoms with Crippen LogP contribution in [0, 0.1) is 17.3 Å². The zero-order valence-corrected chi connectivity index (χ0v) is 11.9. The molecule has 1 saturated carbocycles. The van der Waals surface area contributed by atoms with Crippen molar-refractivity contribution in [3.8, 4) is 0 Å². The molecule has 2 aliphatic rings. The molecule has 2 fully saturated rings. The molecule has 1 saturated heterocycles. The van der Waals surface area contributed by atoms with Gasteiger partial charge in [-0.1, -0.05) is 13.8 Å². The molecule has 3 unspecified atom stereocenters. The van der Waals surface area contributed by atoms with E-state index >= 15 is 0 Å². The molecule has 0 radical (unpaired) electrons. The zero-order chi connectivity index (χ0) is 12.5. The fourth-order valence-corrected chi connectivity index (χ4v) is 5.41. The molecule has 1 aliphatic carbocycles. The Labute approximate surface area is 109 Å².